The molecule has 0 unspecified atom stereocenters. The molecule has 2 fully saturated rings. The second-order valence-electron chi connectivity index (χ2n) is 6.87. The molecule has 0 spiro atoms. The zero-order valence-electron chi connectivity index (χ0n) is 13.7. The Morgan fingerprint density at radius 3 is 2.88 bits per heavy atom. The lowest BCUT2D eigenvalue weighted by atomic mass is 10.0. The van der Waals surface area contributed by atoms with Crippen molar-refractivity contribution in [2.45, 2.75) is 6.42 Å². The van der Waals surface area contributed by atoms with Crippen molar-refractivity contribution in [2.75, 3.05) is 33.0 Å². The van der Waals surface area contributed by atoms with Gasteiger partial charge in [-0.3, -0.25) is 4.79 Å². The molecule has 130 valence electrons. The molecule has 2 aromatic rings. The Hall–Kier alpha value is -2.12. The molecule has 2 saturated heterocycles. The van der Waals surface area contributed by atoms with Crippen LogP contribution < -0.4 is 14.8 Å². The summed E-state index contributed by atoms with van der Waals surface area (Å²) in [5, 5.41) is 6.29. The van der Waals surface area contributed by atoms with Gasteiger partial charge in [0, 0.05) is 37.1 Å². The van der Waals surface area contributed by atoms with Crippen LogP contribution in [0.5, 0.6) is 11.5 Å². The number of hydrogen-bond acceptors (Lipinski definition) is 6. The maximum Gasteiger partial charge on any atom is 0.231 e. The van der Waals surface area contributed by atoms with Crippen molar-refractivity contribution in [1.82, 2.24) is 15.2 Å². The minimum Gasteiger partial charge on any atom is -0.454 e. The number of benzene rings is 1. The molecule has 3 aliphatic heterocycles. The van der Waals surface area contributed by atoms with Gasteiger partial charge in [0.2, 0.25) is 12.7 Å². The number of ether oxygens (including phenoxy) is 2. The first-order valence-electron chi connectivity index (χ1n) is 8.59. The van der Waals surface area contributed by atoms with E-state index in [9.17, 15) is 4.79 Å². The van der Waals surface area contributed by atoms with Gasteiger partial charge in [-0.25, -0.2) is 4.98 Å². The number of amides is 1. The topological polar surface area (TPSA) is 63.7 Å². The predicted octanol–water partition coefficient (Wildman–Crippen LogP) is 1.76. The van der Waals surface area contributed by atoms with Gasteiger partial charge in [0.15, 0.2) is 11.5 Å². The summed E-state index contributed by atoms with van der Waals surface area (Å²) in [6.45, 7) is 4.12. The highest BCUT2D eigenvalue weighted by Crippen LogP contribution is 2.36. The van der Waals surface area contributed by atoms with E-state index in [-0.39, 0.29) is 12.7 Å². The van der Waals surface area contributed by atoms with E-state index >= 15 is 0 Å². The van der Waals surface area contributed by atoms with Gasteiger partial charge in [-0.2, -0.15) is 0 Å². The first kappa shape index (κ1) is 15.2. The molecular weight excluding hydrogens is 338 g/mol. The maximum absolute atomic E-state index is 12.6. The molecule has 4 heterocycles. The Bertz CT molecular complexity index is 810. The number of carbonyl (C=O) groups excluding carboxylic acids is 1. The number of nitrogens with one attached hydrogen (secondary N) is 1. The molecule has 0 radical (unpaired) electrons. The van der Waals surface area contributed by atoms with Crippen molar-refractivity contribution in [1.29, 1.82) is 0 Å². The van der Waals surface area contributed by atoms with Crippen molar-refractivity contribution in [3.05, 3.63) is 29.3 Å². The second-order valence-corrected chi connectivity index (χ2v) is 7.72. The zero-order valence-corrected chi connectivity index (χ0v) is 14.6. The summed E-state index contributed by atoms with van der Waals surface area (Å²) in [6, 6.07) is 5.83. The third-order valence-corrected chi connectivity index (χ3v) is 6.19. The third-order valence-electron chi connectivity index (χ3n) is 5.25. The van der Waals surface area contributed by atoms with E-state index in [1.54, 1.807) is 11.3 Å². The molecule has 25 heavy (non-hydrogen) atoms. The van der Waals surface area contributed by atoms with Crippen LogP contribution in [-0.4, -0.2) is 48.8 Å². The monoisotopic (exact) mass is 357 g/mol. The van der Waals surface area contributed by atoms with Gasteiger partial charge in [-0.15, -0.1) is 11.3 Å². The standard InChI is InChI=1S/C18H19N3O3S/c22-17(21-7-12-5-19-6-13(12)8-21)4-14-9-25-18(20-14)11-1-2-15-16(3-11)24-10-23-15/h1-3,9,12-13,19H,4-8,10H2/t12-,13+. The Morgan fingerprint density at radius 1 is 1.24 bits per heavy atom. The summed E-state index contributed by atoms with van der Waals surface area (Å²) in [5.74, 6) is 2.97. The fourth-order valence-electron chi connectivity index (χ4n) is 3.88. The van der Waals surface area contributed by atoms with Gasteiger partial charge in [0.05, 0.1) is 12.1 Å². The summed E-state index contributed by atoms with van der Waals surface area (Å²) in [6.07, 6.45) is 0.383. The van der Waals surface area contributed by atoms with E-state index in [2.05, 4.69) is 10.3 Å². The highest BCUT2D eigenvalue weighted by molar-refractivity contribution is 7.13. The van der Waals surface area contributed by atoms with E-state index in [0.717, 1.165) is 53.9 Å². The predicted molar refractivity (Wildman–Crippen MR) is 93.8 cm³/mol. The molecule has 5 rings (SSSR count). The van der Waals surface area contributed by atoms with E-state index in [1.165, 1.54) is 0 Å². The van der Waals surface area contributed by atoms with Crippen LogP contribution in [0, 0.1) is 11.8 Å². The summed E-state index contributed by atoms with van der Waals surface area (Å²) < 4.78 is 10.8. The minimum absolute atomic E-state index is 0.192. The summed E-state index contributed by atoms with van der Waals surface area (Å²) in [4.78, 5) is 19.2. The third kappa shape index (κ3) is 2.77. The number of hydrogen-bond donors (Lipinski definition) is 1. The first-order chi connectivity index (χ1) is 12.3. The van der Waals surface area contributed by atoms with E-state index < -0.39 is 0 Å². The molecule has 2 atom stereocenters. The normalized spacial score (nSPS) is 23.9. The molecule has 1 N–H and O–H groups in total. The van der Waals surface area contributed by atoms with Gasteiger partial charge < -0.3 is 19.7 Å². The van der Waals surface area contributed by atoms with Crippen LogP contribution in [0.3, 0.4) is 0 Å². The van der Waals surface area contributed by atoms with E-state index in [1.807, 2.05) is 28.5 Å². The van der Waals surface area contributed by atoms with E-state index in [4.69, 9.17) is 9.47 Å². The fourth-order valence-corrected chi connectivity index (χ4v) is 4.69. The Labute approximate surface area is 149 Å². The number of fused-ring (bicyclic) bond motifs is 2. The largest absolute Gasteiger partial charge is 0.454 e. The van der Waals surface area contributed by atoms with Crippen molar-refractivity contribution in [3.8, 4) is 22.1 Å². The van der Waals surface area contributed by atoms with Gasteiger partial charge in [-0.05, 0) is 30.0 Å². The smallest absolute Gasteiger partial charge is 0.231 e. The second kappa shape index (κ2) is 6.00. The van der Waals surface area contributed by atoms with Crippen LogP contribution in [0.15, 0.2) is 23.6 Å². The average molecular weight is 357 g/mol. The van der Waals surface area contributed by atoms with Crippen molar-refractivity contribution >= 4 is 17.2 Å². The number of aromatic nitrogens is 1. The Balaban J connectivity index is 1.28. The average Bonchev–Trinajstić information content (AvgIpc) is 3.36. The van der Waals surface area contributed by atoms with Crippen LogP contribution in [0.4, 0.5) is 0 Å². The number of rotatable bonds is 3. The quantitative estimate of drug-likeness (QED) is 0.907. The highest BCUT2D eigenvalue weighted by atomic mass is 32.1. The molecule has 7 heteroatoms. The number of likely N-dealkylation sites (tertiary alicyclic amines) is 1. The number of nitrogens with zero attached hydrogens (tertiary/aromatic N) is 2. The van der Waals surface area contributed by atoms with Crippen LogP contribution in [0.1, 0.15) is 5.69 Å². The van der Waals surface area contributed by atoms with Crippen molar-refractivity contribution in [2.24, 2.45) is 11.8 Å². The molecule has 0 saturated carbocycles. The Morgan fingerprint density at radius 2 is 2.04 bits per heavy atom. The lowest BCUT2D eigenvalue weighted by molar-refractivity contribution is -0.129. The molecule has 1 aromatic carbocycles. The Kier molecular flexibility index (Phi) is 3.64. The maximum atomic E-state index is 12.6. The van der Waals surface area contributed by atoms with Crippen molar-refractivity contribution in [3.63, 3.8) is 0 Å². The molecular formula is C18H19N3O3S. The first-order valence-corrected chi connectivity index (χ1v) is 9.47. The van der Waals surface area contributed by atoms with Crippen LogP contribution in [0.25, 0.3) is 10.6 Å². The molecule has 6 nitrogen and oxygen atoms in total. The molecule has 0 aliphatic carbocycles. The zero-order chi connectivity index (χ0) is 16.8. The van der Waals surface area contributed by atoms with Crippen molar-refractivity contribution < 1.29 is 14.3 Å². The molecule has 0 bridgehead atoms. The lowest BCUT2D eigenvalue weighted by Crippen LogP contribution is -2.33. The fraction of sp³-hybridized carbons (Fsp3) is 0.444. The number of carbonyl (C=O) groups is 1. The lowest BCUT2D eigenvalue weighted by Gasteiger charge is -2.16. The van der Waals surface area contributed by atoms with Gasteiger partial charge in [0.1, 0.15) is 5.01 Å². The summed E-state index contributed by atoms with van der Waals surface area (Å²) in [7, 11) is 0. The van der Waals surface area contributed by atoms with Crippen LogP contribution in [0.2, 0.25) is 0 Å². The highest BCUT2D eigenvalue weighted by Gasteiger charge is 2.37. The van der Waals surface area contributed by atoms with Gasteiger partial charge in [-0.1, -0.05) is 0 Å². The minimum atomic E-state index is 0.192. The molecule has 1 aromatic heterocycles. The van der Waals surface area contributed by atoms with Crippen LogP contribution >= 0.6 is 11.3 Å². The molecule has 3 aliphatic rings. The van der Waals surface area contributed by atoms with Gasteiger partial charge >= 0.3 is 0 Å². The summed E-state index contributed by atoms with van der Waals surface area (Å²) >= 11 is 1.56. The van der Waals surface area contributed by atoms with Crippen LogP contribution in [-0.2, 0) is 11.2 Å². The SMILES string of the molecule is O=C(Cc1csc(-c2ccc3c(c2)OCO3)n1)N1C[C@H]2CNC[C@H]2C1. The summed E-state index contributed by atoms with van der Waals surface area (Å²) in [5.41, 5.74) is 1.84. The number of thiazole rings is 1. The molecule has 1 amide bonds. The van der Waals surface area contributed by atoms with Gasteiger partial charge in [0.25, 0.3) is 0 Å². The van der Waals surface area contributed by atoms with E-state index in [0.29, 0.717) is 18.3 Å².